The molecule has 5 rings (SSSR count). The number of piperidine rings is 2. The molecule has 3 heterocycles. The van der Waals surface area contributed by atoms with Gasteiger partial charge in [-0.25, -0.2) is 0 Å². The van der Waals surface area contributed by atoms with Gasteiger partial charge in [0.15, 0.2) is 0 Å². The highest BCUT2D eigenvalue weighted by Crippen LogP contribution is 2.49. The van der Waals surface area contributed by atoms with Crippen LogP contribution < -0.4 is 5.32 Å². The Morgan fingerprint density at radius 3 is 2.41 bits per heavy atom. The molecule has 2 bridgehead atoms. The summed E-state index contributed by atoms with van der Waals surface area (Å²) in [6.45, 7) is 1.08. The van der Waals surface area contributed by atoms with Gasteiger partial charge in [-0.05, 0) is 44.2 Å². The summed E-state index contributed by atoms with van der Waals surface area (Å²) in [5.41, 5.74) is 1.31. The van der Waals surface area contributed by atoms with Gasteiger partial charge in [-0.15, -0.1) is 0 Å². The molecule has 3 fully saturated rings. The van der Waals surface area contributed by atoms with E-state index in [-0.39, 0.29) is 33.1 Å². The van der Waals surface area contributed by atoms with Crippen molar-refractivity contribution in [2.24, 2.45) is 5.92 Å². The van der Waals surface area contributed by atoms with Gasteiger partial charge in [0.1, 0.15) is 0 Å². The van der Waals surface area contributed by atoms with Crippen LogP contribution in [0.25, 0.3) is 0 Å². The van der Waals surface area contributed by atoms with Crippen LogP contribution in [-0.2, 0) is 0 Å². The zero-order valence-electron chi connectivity index (χ0n) is 15.3. The van der Waals surface area contributed by atoms with Crippen molar-refractivity contribution >= 4 is 29.1 Å². The maximum Gasteiger partial charge on any atom is 0.254 e. The standard InChI is InChI=1S/C21H23Cl2N3O/c1-26-13-14-7-9-21(26,10-8-14)19(15-5-3-2-4-6-15)25-20(27)18-16(22)11-24-12-17(18)23/h2-6,11-12,14,19H,7-10,13H2,1H3,(H,25,27)/t14?,19-,21?/m1/s1. The zero-order chi connectivity index (χ0) is 19.0. The highest BCUT2D eigenvalue weighted by molar-refractivity contribution is 6.39. The fourth-order valence-corrected chi connectivity index (χ4v) is 5.36. The maximum absolute atomic E-state index is 13.2. The van der Waals surface area contributed by atoms with E-state index in [4.69, 9.17) is 23.2 Å². The number of benzene rings is 1. The number of likely N-dealkylation sites (N-methyl/N-ethyl adjacent to an activating group) is 1. The molecule has 1 aromatic heterocycles. The second-order valence-corrected chi connectivity index (χ2v) is 8.54. The van der Waals surface area contributed by atoms with Gasteiger partial charge >= 0.3 is 0 Å². The van der Waals surface area contributed by atoms with Gasteiger partial charge in [0.25, 0.3) is 5.91 Å². The largest absolute Gasteiger partial charge is 0.343 e. The molecular formula is C21H23Cl2N3O. The lowest BCUT2D eigenvalue weighted by atomic mass is 9.66. The molecule has 0 radical (unpaired) electrons. The van der Waals surface area contributed by atoms with Crippen molar-refractivity contribution < 1.29 is 4.79 Å². The van der Waals surface area contributed by atoms with E-state index < -0.39 is 0 Å². The van der Waals surface area contributed by atoms with Crippen LogP contribution in [0.5, 0.6) is 0 Å². The first-order valence-electron chi connectivity index (χ1n) is 9.37. The first-order chi connectivity index (χ1) is 13.0. The molecule has 1 N–H and O–H groups in total. The van der Waals surface area contributed by atoms with Crippen molar-refractivity contribution in [3.63, 3.8) is 0 Å². The highest BCUT2D eigenvalue weighted by atomic mass is 35.5. The third-order valence-electron chi connectivity index (χ3n) is 6.29. The van der Waals surface area contributed by atoms with Crippen LogP contribution in [0.15, 0.2) is 42.7 Å². The van der Waals surface area contributed by atoms with Gasteiger partial charge in [0, 0.05) is 24.5 Å². The molecule has 1 aromatic carbocycles. The number of halogens is 2. The maximum atomic E-state index is 13.2. The van der Waals surface area contributed by atoms with Crippen LogP contribution in [0.4, 0.5) is 0 Å². The van der Waals surface area contributed by atoms with Crippen LogP contribution in [-0.4, -0.2) is 34.9 Å². The van der Waals surface area contributed by atoms with E-state index in [0.717, 1.165) is 30.9 Å². The van der Waals surface area contributed by atoms with Gasteiger partial charge in [0.05, 0.1) is 21.7 Å². The van der Waals surface area contributed by atoms with E-state index in [1.165, 1.54) is 25.2 Å². The number of amides is 1. The monoisotopic (exact) mass is 403 g/mol. The zero-order valence-corrected chi connectivity index (χ0v) is 16.8. The smallest absolute Gasteiger partial charge is 0.254 e. The molecule has 1 amide bonds. The number of aromatic nitrogens is 1. The summed E-state index contributed by atoms with van der Waals surface area (Å²) in [5.74, 6) is 0.518. The highest BCUT2D eigenvalue weighted by Gasteiger charge is 2.50. The predicted octanol–water partition coefficient (Wildman–Crippen LogP) is 4.73. The van der Waals surface area contributed by atoms with Crippen LogP contribution in [0.3, 0.4) is 0 Å². The summed E-state index contributed by atoms with van der Waals surface area (Å²) in [5, 5.41) is 3.81. The number of nitrogens with zero attached hydrogens (tertiary/aromatic N) is 2. The summed E-state index contributed by atoms with van der Waals surface area (Å²) in [6, 6.07) is 10.1. The molecule has 6 heteroatoms. The summed E-state index contributed by atoms with van der Waals surface area (Å²) < 4.78 is 0. The van der Waals surface area contributed by atoms with Crippen molar-refractivity contribution in [2.75, 3.05) is 13.6 Å². The van der Waals surface area contributed by atoms with E-state index in [0.29, 0.717) is 0 Å². The Morgan fingerprint density at radius 2 is 1.81 bits per heavy atom. The molecule has 4 nitrogen and oxygen atoms in total. The average Bonchev–Trinajstić information content (AvgIpc) is 2.67. The molecule has 2 aromatic rings. The molecule has 0 spiro atoms. The molecule has 27 heavy (non-hydrogen) atoms. The molecular weight excluding hydrogens is 381 g/mol. The minimum absolute atomic E-state index is 0.0856. The topological polar surface area (TPSA) is 45.2 Å². The minimum Gasteiger partial charge on any atom is -0.343 e. The Labute approximate surface area is 169 Å². The molecule has 1 aliphatic carbocycles. The number of carbonyl (C=O) groups excluding carboxylic acids is 1. The molecule has 142 valence electrons. The van der Waals surface area contributed by atoms with Crippen molar-refractivity contribution in [1.29, 1.82) is 0 Å². The van der Waals surface area contributed by atoms with Crippen molar-refractivity contribution in [1.82, 2.24) is 15.2 Å². The van der Waals surface area contributed by atoms with Crippen molar-refractivity contribution in [2.45, 2.75) is 37.3 Å². The first kappa shape index (κ1) is 18.7. The molecule has 1 saturated carbocycles. The fourth-order valence-electron chi connectivity index (χ4n) is 4.82. The lowest BCUT2D eigenvalue weighted by molar-refractivity contribution is -0.0404. The van der Waals surface area contributed by atoms with Gasteiger partial charge in [-0.1, -0.05) is 53.5 Å². The average molecular weight is 404 g/mol. The normalized spacial score (nSPS) is 26.0. The number of nitrogens with one attached hydrogen (secondary N) is 1. The predicted molar refractivity (Wildman–Crippen MR) is 108 cm³/mol. The molecule has 2 aliphatic heterocycles. The second-order valence-electron chi connectivity index (χ2n) is 7.72. The van der Waals surface area contributed by atoms with Gasteiger partial charge in [0.2, 0.25) is 0 Å². The first-order valence-corrected chi connectivity index (χ1v) is 10.1. The van der Waals surface area contributed by atoms with Crippen LogP contribution >= 0.6 is 23.2 Å². The quantitative estimate of drug-likeness (QED) is 0.801. The van der Waals surface area contributed by atoms with Crippen LogP contribution in [0.2, 0.25) is 10.0 Å². The molecule has 1 atom stereocenters. The van der Waals surface area contributed by atoms with E-state index >= 15 is 0 Å². The van der Waals surface area contributed by atoms with Gasteiger partial charge < -0.3 is 5.32 Å². The van der Waals surface area contributed by atoms with E-state index in [1.54, 1.807) is 0 Å². The second kappa shape index (κ2) is 7.42. The Balaban J connectivity index is 1.72. The van der Waals surface area contributed by atoms with Crippen LogP contribution in [0, 0.1) is 5.92 Å². The Kier molecular flexibility index (Phi) is 5.15. The summed E-state index contributed by atoms with van der Waals surface area (Å²) in [7, 11) is 2.18. The lowest BCUT2D eigenvalue weighted by Crippen LogP contribution is -2.62. The van der Waals surface area contributed by atoms with Gasteiger partial charge in [-0.2, -0.15) is 0 Å². The SMILES string of the molecule is CN1CC2CCC1([C@H](NC(=O)c1c(Cl)cncc1Cl)c1ccccc1)CC2. The van der Waals surface area contributed by atoms with E-state index in [9.17, 15) is 4.79 Å². The molecule has 3 aliphatic rings. The lowest BCUT2D eigenvalue weighted by Gasteiger charge is -2.57. The number of rotatable bonds is 4. The van der Waals surface area contributed by atoms with E-state index in [2.05, 4.69) is 34.4 Å². The van der Waals surface area contributed by atoms with Crippen molar-refractivity contribution in [3.05, 3.63) is 63.9 Å². The van der Waals surface area contributed by atoms with Crippen molar-refractivity contribution in [3.8, 4) is 0 Å². The summed E-state index contributed by atoms with van der Waals surface area (Å²) in [6.07, 6.45) is 7.48. The summed E-state index contributed by atoms with van der Waals surface area (Å²) in [4.78, 5) is 19.6. The number of fused-ring (bicyclic) bond motifs is 3. The van der Waals surface area contributed by atoms with Gasteiger partial charge in [-0.3, -0.25) is 14.7 Å². The molecule has 2 saturated heterocycles. The molecule has 0 unspecified atom stereocenters. The Morgan fingerprint density at radius 1 is 1.19 bits per heavy atom. The van der Waals surface area contributed by atoms with Crippen LogP contribution in [0.1, 0.15) is 47.6 Å². The Hall–Kier alpha value is -1.62. The number of pyridine rings is 1. The minimum atomic E-state index is -0.253. The fraction of sp³-hybridized carbons (Fsp3) is 0.429. The third kappa shape index (κ3) is 3.35. The number of carbonyl (C=O) groups is 1. The summed E-state index contributed by atoms with van der Waals surface area (Å²) >= 11 is 12.5. The number of hydrogen-bond donors (Lipinski definition) is 1. The third-order valence-corrected chi connectivity index (χ3v) is 6.86. The van der Waals surface area contributed by atoms with E-state index in [1.807, 2.05) is 18.2 Å². The Bertz CT molecular complexity index is 814. The number of hydrogen-bond acceptors (Lipinski definition) is 3.